The van der Waals surface area contributed by atoms with Gasteiger partial charge in [0.2, 0.25) is 0 Å². The van der Waals surface area contributed by atoms with Crippen molar-refractivity contribution in [2.45, 2.75) is 6.42 Å². The molecule has 0 fully saturated rings. The quantitative estimate of drug-likeness (QED) is 0.199. The molecule has 2 heterocycles. The van der Waals surface area contributed by atoms with Crippen LogP contribution in [0.15, 0.2) is 72.8 Å². The smallest absolute Gasteiger partial charge is 0.672 e. The van der Waals surface area contributed by atoms with E-state index in [1.165, 1.54) is 0 Å². The van der Waals surface area contributed by atoms with Gasteiger partial charge in [-0.1, -0.05) is 24.3 Å². The van der Waals surface area contributed by atoms with Crippen LogP contribution in [-0.4, -0.2) is 21.6 Å². The van der Waals surface area contributed by atoms with E-state index >= 15 is 0 Å². The third-order valence-electron chi connectivity index (χ3n) is 4.22. The Morgan fingerprint density at radius 1 is 0.800 bits per heavy atom. The number of nitrogens with zero attached hydrogens (tertiary/aromatic N) is 2. The van der Waals surface area contributed by atoms with Crippen molar-refractivity contribution in [2.24, 2.45) is 0 Å². The predicted molar refractivity (Wildman–Crippen MR) is 109 cm³/mol. The molecule has 4 aromatic rings. The van der Waals surface area contributed by atoms with Gasteiger partial charge in [-0.15, -0.1) is 0 Å². The number of rotatable bonds is 6. The van der Waals surface area contributed by atoms with Gasteiger partial charge in [0.25, 0.3) is 0 Å². The van der Waals surface area contributed by atoms with E-state index in [9.17, 15) is 0 Å². The van der Waals surface area contributed by atoms with Crippen LogP contribution in [0, 0.1) is 12.1 Å². The minimum absolute atomic E-state index is 0. The fourth-order valence-electron chi connectivity index (χ4n) is 2.90. The van der Waals surface area contributed by atoms with Crippen LogP contribution in [0.2, 0.25) is 0 Å². The molecule has 2 aromatic carbocycles. The maximum atomic E-state index is 6.30. The zero-order chi connectivity index (χ0) is 17.8. The summed E-state index contributed by atoms with van der Waals surface area (Å²) < 4.78 is 0. The van der Waals surface area contributed by atoms with Gasteiger partial charge in [-0.25, -0.2) is 0 Å². The number of hydrogen-bond donors (Lipinski definition) is 0. The molecule has 4 rings (SSSR count). The zero-order valence-corrected chi connectivity index (χ0v) is 27.1. The normalized spacial score (nSPS) is 9.20. The molecule has 30 heavy (non-hydrogen) atoms. The summed E-state index contributed by atoms with van der Waals surface area (Å²) in [7, 11) is 8.32. The Hall–Kier alpha value is 1.19. The first-order valence-electron chi connectivity index (χ1n) is 8.57. The SMILES string of the molecule is [B]B(c1[c-]cccc1)c1ccc(Cc2ccc([B]c3[c-]cccc3)[n-]2)[n-]1.[Pt+2].[Y].[Y].[Y]. The van der Waals surface area contributed by atoms with Crippen LogP contribution in [0.1, 0.15) is 11.4 Å². The van der Waals surface area contributed by atoms with E-state index in [2.05, 4.69) is 22.1 Å². The van der Waals surface area contributed by atoms with Gasteiger partial charge >= 0.3 is 21.1 Å². The van der Waals surface area contributed by atoms with Crippen molar-refractivity contribution in [2.75, 3.05) is 0 Å². The predicted octanol–water partition coefficient (Wildman–Crippen LogP) is -0.289. The Balaban J connectivity index is 0.00000210. The maximum Gasteiger partial charge on any atom is 2.00 e. The number of hydrogen-bond acceptors (Lipinski definition) is 0. The summed E-state index contributed by atoms with van der Waals surface area (Å²) in [5.74, 6) is 0. The molecule has 0 saturated carbocycles. The van der Waals surface area contributed by atoms with Crippen molar-refractivity contribution in [3.63, 3.8) is 0 Å². The van der Waals surface area contributed by atoms with Crippen LogP contribution >= 0.6 is 0 Å². The summed E-state index contributed by atoms with van der Waals surface area (Å²) in [4.78, 5) is 9.33. The summed E-state index contributed by atoms with van der Waals surface area (Å²) in [5, 5.41) is 0. The van der Waals surface area contributed by atoms with Crippen LogP contribution in [-0.2, 0) is 126 Å². The zero-order valence-electron chi connectivity index (χ0n) is 16.3. The molecule has 0 bridgehead atoms. The second-order valence-corrected chi connectivity index (χ2v) is 6.16. The summed E-state index contributed by atoms with van der Waals surface area (Å²) >= 11 is 0. The molecule has 0 aliphatic carbocycles. The van der Waals surface area contributed by atoms with Crippen LogP contribution in [0.3, 0.4) is 0 Å². The molecular weight excluding hydrogens is 774 g/mol. The average molecular weight is 789 g/mol. The van der Waals surface area contributed by atoms with Crippen molar-refractivity contribution in [3.05, 3.63) is 96.3 Å². The molecule has 0 unspecified atom stereocenters. The van der Waals surface area contributed by atoms with E-state index in [1.807, 2.05) is 80.1 Å². The molecule has 0 spiro atoms. The molecule has 2 aromatic heterocycles. The van der Waals surface area contributed by atoms with E-state index in [-0.39, 0.29) is 126 Å². The molecule has 138 valence electrons. The Morgan fingerprint density at radius 2 is 1.47 bits per heavy atom. The summed E-state index contributed by atoms with van der Waals surface area (Å²) in [5.41, 5.74) is 5.74. The van der Waals surface area contributed by atoms with Crippen molar-refractivity contribution in [3.8, 4) is 0 Å². The summed E-state index contributed by atoms with van der Waals surface area (Å²) in [6.07, 6.45) is 0.692. The van der Waals surface area contributed by atoms with E-state index in [0.29, 0.717) is 6.42 Å². The van der Waals surface area contributed by atoms with Crippen LogP contribution in [0.25, 0.3) is 0 Å². The summed E-state index contributed by atoms with van der Waals surface area (Å²) in [6.45, 7) is -0.255. The maximum absolute atomic E-state index is 6.30. The van der Waals surface area contributed by atoms with E-state index in [4.69, 9.17) is 7.74 Å². The third kappa shape index (κ3) is 8.86. The fraction of sp³-hybridized carbons (Fsp3) is 0.0476. The molecule has 6 radical (unpaired) electrons. The first-order chi connectivity index (χ1) is 12.8. The number of benzene rings is 2. The first-order valence-corrected chi connectivity index (χ1v) is 8.57. The van der Waals surface area contributed by atoms with Crippen LogP contribution in [0.4, 0.5) is 0 Å². The van der Waals surface area contributed by atoms with Gasteiger partial charge in [-0.2, -0.15) is 94.2 Å². The summed E-state index contributed by atoms with van der Waals surface area (Å²) in [6, 6.07) is 30.0. The molecule has 0 saturated heterocycles. The van der Waals surface area contributed by atoms with Gasteiger partial charge in [0.15, 0.2) is 0 Å². The minimum Gasteiger partial charge on any atom is -0.672 e. The molecule has 0 amide bonds. The second-order valence-electron chi connectivity index (χ2n) is 6.16. The van der Waals surface area contributed by atoms with E-state index in [0.717, 1.165) is 33.5 Å². The average Bonchev–Trinajstić information content (AvgIpc) is 3.33. The van der Waals surface area contributed by atoms with Gasteiger partial charge in [0.1, 0.15) is 13.9 Å². The van der Waals surface area contributed by atoms with Crippen molar-refractivity contribution >= 4 is 43.7 Å². The van der Waals surface area contributed by atoms with Gasteiger partial charge in [-0.05, 0) is 6.42 Å². The molecular formula is C21H14B3N2PtY3-2. The Bertz CT molecular complexity index is 981. The van der Waals surface area contributed by atoms with E-state index < -0.39 is 0 Å². The monoisotopic (exact) mass is 789 g/mol. The van der Waals surface area contributed by atoms with Crippen LogP contribution in [0.5, 0.6) is 0 Å². The molecule has 0 atom stereocenters. The third-order valence-corrected chi connectivity index (χ3v) is 4.22. The van der Waals surface area contributed by atoms with Gasteiger partial charge in [0.05, 0.1) is 0 Å². The van der Waals surface area contributed by atoms with Crippen molar-refractivity contribution < 1.29 is 119 Å². The topological polar surface area (TPSA) is 28.2 Å². The van der Waals surface area contributed by atoms with Crippen molar-refractivity contribution in [1.82, 2.24) is 9.97 Å². The van der Waals surface area contributed by atoms with E-state index in [1.54, 1.807) is 0 Å². The minimum atomic E-state index is -0.255. The first kappa shape index (κ1) is 31.2. The molecule has 2 nitrogen and oxygen atoms in total. The molecule has 0 aliphatic heterocycles. The van der Waals surface area contributed by atoms with Gasteiger partial charge in [-0.3, -0.25) is 0 Å². The van der Waals surface area contributed by atoms with Crippen LogP contribution < -0.4 is 32.1 Å². The van der Waals surface area contributed by atoms with Crippen molar-refractivity contribution in [1.29, 1.82) is 0 Å². The Kier molecular flexibility index (Phi) is 16.6. The number of aromatic nitrogens is 2. The molecule has 0 aliphatic rings. The Labute approximate surface area is 271 Å². The standard InChI is InChI=1S/C21H14B3N2.Pt.3Y/c22-24(17-9-5-2-6-10-17)21-14-12-19(26-21)15-18-11-13-20(25-18)23-16-7-3-1-4-8-16;;;;/h1-7,9,11-14H,15H2;;;;/q-4;+2;;;. The molecule has 0 N–H and O–H groups in total. The Morgan fingerprint density at radius 3 is 2.13 bits per heavy atom. The fourth-order valence-corrected chi connectivity index (χ4v) is 2.90. The molecule has 9 heteroatoms. The van der Waals surface area contributed by atoms with Gasteiger partial charge in [0, 0.05) is 106 Å². The van der Waals surface area contributed by atoms with Gasteiger partial charge < -0.3 is 9.97 Å². The largest absolute Gasteiger partial charge is 2.00 e. The second kappa shape index (κ2) is 15.9.